The molecule has 2 aromatic heterocycles. The number of aliphatic carboxylic acids is 5. The number of β-lactam (4-membered cyclic amide) rings is 1. The van der Waals surface area contributed by atoms with Crippen LogP contribution in [-0.4, -0.2) is 147 Å². The molecule has 26 nitrogen and oxygen atoms in total. The van der Waals surface area contributed by atoms with Gasteiger partial charge >= 0.3 is 48.4 Å². The molecule has 0 spiro atoms. The van der Waals surface area contributed by atoms with Gasteiger partial charge in [-0.2, -0.15) is 48.9 Å². The maximum Gasteiger partial charge on any atom is 0.490 e. The van der Waals surface area contributed by atoms with E-state index in [-0.39, 0.29) is 53.5 Å². The van der Waals surface area contributed by atoms with Crippen LogP contribution < -0.4 is 42.9 Å². The topological polar surface area (TPSA) is 414 Å². The number of alkyl halides is 9. The first-order valence-electron chi connectivity index (χ1n) is 16.8. The van der Waals surface area contributed by atoms with Crippen LogP contribution in [-0.2, 0) is 52.0 Å². The molecule has 2 aliphatic heterocycles. The minimum atomic E-state index is -5.08. The fourth-order valence-corrected chi connectivity index (χ4v) is 5.90. The van der Waals surface area contributed by atoms with Gasteiger partial charge in [0, 0.05) is 35.9 Å². The Balaban J connectivity index is 0.000000855. The van der Waals surface area contributed by atoms with Gasteiger partial charge < -0.3 is 63.0 Å². The molecule has 1 fully saturated rings. The Labute approximate surface area is 368 Å². The highest BCUT2D eigenvalue weighted by Gasteiger charge is 2.54. The first-order valence-corrected chi connectivity index (χ1v) is 18.6. The van der Waals surface area contributed by atoms with Crippen molar-refractivity contribution in [2.45, 2.75) is 55.9 Å². The van der Waals surface area contributed by atoms with Crippen LogP contribution in [0, 0.1) is 0 Å². The predicted molar refractivity (Wildman–Crippen MR) is 198 cm³/mol. The molecular weight excluding hydrogens is 976 g/mol. The molecule has 4 rings (SSSR count). The van der Waals surface area contributed by atoms with Crippen molar-refractivity contribution in [1.29, 1.82) is 0 Å². The number of carboxylic acids is 5. The lowest BCUT2D eigenvalue weighted by Crippen LogP contribution is -2.71. The van der Waals surface area contributed by atoms with Crippen molar-refractivity contribution in [3.63, 3.8) is 0 Å². The fraction of sp³-hybridized carbons (Fsp3) is 0.448. The number of hydrogen-bond donors (Lipinski definition) is 10. The van der Waals surface area contributed by atoms with E-state index in [1.165, 1.54) is 36.5 Å². The summed E-state index contributed by atoms with van der Waals surface area (Å²) in [6.07, 6.45) is -13.7. The molecule has 2 aliphatic rings. The fourth-order valence-electron chi connectivity index (χ4n) is 4.13. The summed E-state index contributed by atoms with van der Waals surface area (Å²) in [5.41, 5.74) is 15.0. The van der Waals surface area contributed by atoms with Gasteiger partial charge in [0.1, 0.15) is 11.4 Å². The van der Waals surface area contributed by atoms with Crippen molar-refractivity contribution in [3.05, 3.63) is 23.3 Å². The average Bonchev–Trinajstić information content (AvgIpc) is 3.72. The second-order valence-electron chi connectivity index (χ2n) is 12.5. The summed E-state index contributed by atoms with van der Waals surface area (Å²) < 4.78 is 102. The highest BCUT2D eigenvalue weighted by Crippen LogP contribution is 2.40. The van der Waals surface area contributed by atoms with Gasteiger partial charge in [-0.05, 0) is 13.8 Å². The van der Waals surface area contributed by atoms with E-state index in [0.29, 0.717) is 5.57 Å². The highest BCUT2D eigenvalue weighted by molar-refractivity contribution is 8.00. The minimum absolute atomic E-state index is 0.0106. The number of urea groups is 1. The number of nitrogen functional groups attached to an aromatic ring is 2. The van der Waals surface area contributed by atoms with Crippen LogP contribution in [0.3, 0.4) is 0 Å². The minimum Gasteiger partial charge on any atom is -0.543 e. The Morgan fingerprint density at radius 3 is 1.85 bits per heavy atom. The summed E-state index contributed by atoms with van der Waals surface area (Å²) in [7, 11) is 1.60. The summed E-state index contributed by atoms with van der Waals surface area (Å²) in [6, 6.07) is -1.72. The highest BCUT2D eigenvalue weighted by atomic mass is 32.2. The monoisotopic (exact) mass is 1010 g/mol. The van der Waals surface area contributed by atoms with Crippen molar-refractivity contribution in [1.82, 2.24) is 29.6 Å². The summed E-state index contributed by atoms with van der Waals surface area (Å²) in [4.78, 5) is 98.8. The maximum atomic E-state index is 13.2. The molecule has 2 aromatic rings. The third-order valence-corrected chi connectivity index (χ3v) is 9.20. The number of amides is 4. The Kier molecular flexibility index (Phi) is 19.5. The van der Waals surface area contributed by atoms with Gasteiger partial charge in [0.2, 0.25) is 23.3 Å². The van der Waals surface area contributed by atoms with E-state index in [9.17, 15) is 73.7 Å². The largest absolute Gasteiger partial charge is 0.543 e. The molecule has 13 N–H and O–H groups in total. The molecule has 37 heteroatoms. The SMILES string of the molecule is Cn1c(N)c(NC(=O)NCCN)c[n+]1CC1=C(C(=O)[O-])N2C(=O)[C@@H](NC(=O)/C(=N\OC(C)(C)C(=O)O)c3nsc(N)n3)[C@H]2SC1.O=C(O)C(F)(F)F.O=C(O)C(F)(F)F.O=C(O)C(F)(F)F. The Morgan fingerprint density at radius 2 is 1.44 bits per heavy atom. The van der Waals surface area contributed by atoms with E-state index in [1.54, 1.807) is 11.7 Å². The number of nitrogens with one attached hydrogen (secondary N) is 3. The van der Waals surface area contributed by atoms with E-state index in [2.05, 4.69) is 30.5 Å². The molecule has 0 aliphatic carbocycles. The number of nitrogens with zero attached hydrogens (tertiary/aromatic N) is 6. The second-order valence-corrected chi connectivity index (χ2v) is 14.4. The van der Waals surface area contributed by atoms with Crippen LogP contribution in [0.25, 0.3) is 0 Å². The van der Waals surface area contributed by atoms with Gasteiger partial charge in [0.15, 0.2) is 23.2 Å². The number of nitrogens with two attached hydrogens (primary N) is 3. The molecule has 0 radical (unpaired) electrons. The number of anilines is 3. The van der Waals surface area contributed by atoms with E-state index in [0.717, 1.165) is 16.4 Å². The van der Waals surface area contributed by atoms with Crippen LogP contribution in [0.5, 0.6) is 0 Å². The molecule has 368 valence electrons. The number of halogens is 9. The van der Waals surface area contributed by atoms with Gasteiger partial charge in [0.25, 0.3) is 11.8 Å². The van der Waals surface area contributed by atoms with Crippen molar-refractivity contribution in [2.75, 3.05) is 35.6 Å². The van der Waals surface area contributed by atoms with Crippen LogP contribution in [0.2, 0.25) is 0 Å². The second kappa shape index (κ2) is 22.6. The zero-order valence-corrected chi connectivity index (χ0v) is 34.7. The zero-order chi connectivity index (χ0) is 51.4. The summed E-state index contributed by atoms with van der Waals surface area (Å²) in [5.74, 6) is -12.9. The van der Waals surface area contributed by atoms with Gasteiger partial charge in [0.05, 0.1) is 18.7 Å². The standard InChI is InChI=1S/C23H30N12O8S2.3C2HF3O2/c1-23(2,20(40)41)43-31-11(15-30-21(26)45-32-15)16(36)29-12-17(37)35-13(19(38)39)9(8-44-18(12)35)6-34-7-10(14(25)33(34)3)28-22(42)27-5-4-24;3*3-2(4,5)1(6)7/h7,12,18,25H,4-6,8,24H2,1-3H3,(H7,26,27,28,29,30,32,36,38,39,40,41,42);3*(H,6,7)/b31-11-;;;/t12-,18-;;;/m1.../s1. The van der Waals surface area contributed by atoms with Gasteiger partial charge in [-0.1, -0.05) is 5.16 Å². The number of aromatic nitrogens is 4. The normalized spacial score (nSPS) is 16.0. The molecule has 4 heterocycles. The molecule has 0 bridgehead atoms. The average molecular weight is 1010 g/mol. The van der Waals surface area contributed by atoms with Crippen LogP contribution >= 0.6 is 23.3 Å². The number of fused-ring (bicyclic) bond motifs is 1. The molecule has 0 unspecified atom stereocenters. The number of thioether (sulfide) groups is 1. The van der Waals surface area contributed by atoms with Crippen LogP contribution in [0.1, 0.15) is 19.7 Å². The first-order chi connectivity index (χ1) is 30.0. The van der Waals surface area contributed by atoms with Gasteiger partial charge in [-0.25, -0.2) is 24.0 Å². The zero-order valence-electron chi connectivity index (χ0n) is 33.1. The Hall–Kier alpha value is -7.18. The number of carbonyl (C=O) groups excluding carboxylic acids is 4. The van der Waals surface area contributed by atoms with Crippen molar-refractivity contribution >= 4 is 93.3 Å². The van der Waals surface area contributed by atoms with Crippen molar-refractivity contribution < 1.29 is 113 Å². The molecular formula is C29H33F9N12O14S2. The molecule has 1 saturated heterocycles. The lowest BCUT2D eigenvalue weighted by molar-refractivity contribution is -0.765. The molecule has 0 saturated carbocycles. The van der Waals surface area contributed by atoms with Crippen molar-refractivity contribution in [3.8, 4) is 0 Å². The van der Waals surface area contributed by atoms with Gasteiger partial charge in [-0.3, -0.25) is 19.8 Å². The lowest BCUT2D eigenvalue weighted by Gasteiger charge is -2.50. The smallest absolute Gasteiger partial charge is 0.490 e. The number of carbonyl (C=O) groups is 8. The predicted octanol–water partition coefficient (Wildman–Crippen LogP) is -2.00. The maximum absolute atomic E-state index is 13.2. The summed E-state index contributed by atoms with van der Waals surface area (Å²) in [5, 5.41) is 53.4. The number of hydrogen-bond acceptors (Lipinski definition) is 18. The lowest BCUT2D eigenvalue weighted by atomic mass is 10.0. The van der Waals surface area contributed by atoms with E-state index < -0.39 is 88.9 Å². The Morgan fingerprint density at radius 1 is 0.939 bits per heavy atom. The number of oxime groups is 1. The van der Waals surface area contributed by atoms with Crippen LogP contribution in [0.4, 0.5) is 60.9 Å². The quantitative estimate of drug-likeness (QED) is 0.0361. The van der Waals surface area contributed by atoms with Gasteiger partial charge in [-0.15, -0.1) is 21.1 Å². The summed E-state index contributed by atoms with van der Waals surface area (Å²) >= 11 is 1.93. The summed E-state index contributed by atoms with van der Waals surface area (Å²) in [6.45, 7) is 2.86. The Bertz CT molecular complexity index is 2190. The van der Waals surface area contributed by atoms with Crippen molar-refractivity contribution in [2.24, 2.45) is 17.9 Å². The number of carboxylic acid groups (broad SMARTS) is 5. The third-order valence-electron chi connectivity index (χ3n) is 7.32. The molecule has 0 aromatic carbocycles. The van der Waals surface area contributed by atoms with E-state index >= 15 is 0 Å². The first kappa shape index (κ1) is 56.8. The third kappa shape index (κ3) is 16.1. The molecule has 2 atom stereocenters. The van der Waals surface area contributed by atoms with Crippen LogP contribution in [0.15, 0.2) is 22.6 Å². The molecule has 4 amide bonds. The molecule has 66 heavy (non-hydrogen) atoms. The van der Waals surface area contributed by atoms with E-state index in [1.807, 2.05) is 0 Å². The number of rotatable bonds is 12. The van der Waals surface area contributed by atoms with E-state index in [4.69, 9.17) is 51.7 Å².